The molecule has 0 amide bonds. The summed E-state index contributed by atoms with van der Waals surface area (Å²) < 4.78 is 38.7. The summed E-state index contributed by atoms with van der Waals surface area (Å²) in [6.45, 7) is 12.1. The van der Waals surface area contributed by atoms with Crippen LogP contribution in [0.15, 0.2) is 78.5 Å². The molecule has 6 rings (SSSR count). The van der Waals surface area contributed by atoms with E-state index < -0.39 is 18.4 Å². The molecule has 0 bridgehead atoms. The number of hydrogen-bond acceptors (Lipinski definition) is 7. The Labute approximate surface area is 289 Å². The van der Waals surface area contributed by atoms with Crippen LogP contribution in [0.5, 0.6) is 0 Å². The van der Waals surface area contributed by atoms with Crippen LogP contribution in [-0.2, 0) is 0 Å². The molecule has 1 aliphatic rings. The fraction of sp³-hybridized carbons (Fsp3) is 0.368. The van der Waals surface area contributed by atoms with E-state index in [1.54, 1.807) is 22.7 Å². The van der Waals surface area contributed by atoms with Crippen molar-refractivity contribution in [1.29, 1.82) is 0 Å². The van der Waals surface area contributed by atoms with E-state index >= 15 is 0 Å². The molecule has 2 aromatic carbocycles. The third-order valence-corrected chi connectivity index (χ3v) is 11.2. The lowest BCUT2D eigenvalue weighted by molar-refractivity contribution is 0.289. The molecule has 4 atom stereocenters. The molecule has 4 nitrogen and oxygen atoms in total. The predicted octanol–water partition coefficient (Wildman–Crippen LogP) is 11.3. The summed E-state index contributed by atoms with van der Waals surface area (Å²) in [5, 5.41) is 0. The van der Waals surface area contributed by atoms with Crippen LogP contribution in [0.4, 0.5) is 8.78 Å². The number of thiophene rings is 2. The smallest absolute Gasteiger partial charge is 0.125 e. The van der Waals surface area contributed by atoms with Gasteiger partial charge in [0.05, 0.1) is 29.4 Å². The van der Waals surface area contributed by atoms with Crippen LogP contribution in [0.25, 0.3) is 26.5 Å². The molecule has 4 unspecified atom stereocenters. The second-order valence-electron chi connectivity index (χ2n) is 12.6. The lowest BCUT2D eigenvalue weighted by Crippen LogP contribution is -2.38. The van der Waals surface area contributed by atoms with Crippen LogP contribution in [0, 0.1) is 11.8 Å². The van der Waals surface area contributed by atoms with Gasteiger partial charge in [0, 0.05) is 30.8 Å². The zero-order valence-corrected chi connectivity index (χ0v) is 30.3. The molecular weight excluding hydrogens is 647 g/mol. The Balaban J connectivity index is 0.00000213. The number of halogens is 2. The SMILES string of the molecule is CC.CC(C)CC(F)c1ccc(-c2ccc(C3=C(N)C(N)C(c4ccc(-c5ccc(C(F)CC(C)C)cc5)s4)c4nsnc43)s2)cc1. The van der Waals surface area contributed by atoms with Gasteiger partial charge in [0.1, 0.15) is 18.0 Å². The van der Waals surface area contributed by atoms with Crippen LogP contribution in [0.3, 0.4) is 0 Å². The van der Waals surface area contributed by atoms with Crippen LogP contribution >= 0.6 is 34.4 Å². The monoisotopic (exact) mass is 690 g/mol. The highest BCUT2D eigenvalue weighted by Crippen LogP contribution is 2.46. The molecule has 9 heteroatoms. The van der Waals surface area contributed by atoms with E-state index in [2.05, 4.69) is 24.3 Å². The van der Waals surface area contributed by atoms with Gasteiger partial charge in [-0.05, 0) is 71.2 Å². The summed E-state index contributed by atoms with van der Waals surface area (Å²) in [5.41, 5.74) is 20.2. The molecule has 47 heavy (non-hydrogen) atoms. The zero-order valence-electron chi connectivity index (χ0n) is 27.8. The number of alkyl halides is 2. The number of benzene rings is 2. The minimum atomic E-state index is -0.959. The lowest BCUT2D eigenvalue weighted by atomic mass is 9.82. The minimum absolute atomic E-state index is 0.215. The van der Waals surface area contributed by atoms with Crippen LogP contribution in [-0.4, -0.2) is 14.8 Å². The highest BCUT2D eigenvalue weighted by molar-refractivity contribution is 7.16. The summed E-state index contributed by atoms with van der Waals surface area (Å²) >= 11 is 4.45. The Kier molecular flexibility index (Phi) is 11.4. The highest BCUT2D eigenvalue weighted by atomic mass is 32.1. The zero-order chi connectivity index (χ0) is 33.8. The van der Waals surface area contributed by atoms with Crippen LogP contribution in [0.2, 0.25) is 0 Å². The van der Waals surface area contributed by atoms with Crippen molar-refractivity contribution in [1.82, 2.24) is 8.75 Å². The lowest BCUT2D eigenvalue weighted by Gasteiger charge is -2.29. The average molecular weight is 691 g/mol. The second kappa shape index (κ2) is 15.3. The third kappa shape index (κ3) is 7.59. The summed E-state index contributed by atoms with van der Waals surface area (Å²) in [4.78, 5) is 4.19. The Morgan fingerprint density at radius 2 is 1.17 bits per heavy atom. The van der Waals surface area contributed by atoms with Gasteiger partial charge in [0.25, 0.3) is 0 Å². The standard InChI is InChI=1S/C36H38F2N4S3.C2H6/c1-19(2)17-25(37)21-5-9-23(10-6-21)27-13-15-29(43-27)31-33(39)34(40)32(36-35(31)41-45-42-36)30-16-14-28(44-30)24-11-7-22(8-12-24)26(38)18-20(3)4;1-2/h5-16,19-20,25-26,31,33H,17-18,39-40H2,1-4H3;1-2H3. The molecule has 0 aliphatic heterocycles. The summed E-state index contributed by atoms with van der Waals surface area (Å²) in [6.07, 6.45) is -0.886. The Morgan fingerprint density at radius 3 is 1.70 bits per heavy atom. The first-order chi connectivity index (χ1) is 22.6. The molecule has 3 heterocycles. The molecule has 0 radical (unpaired) electrons. The fourth-order valence-electron chi connectivity index (χ4n) is 5.91. The first-order valence-electron chi connectivity index (χ1n) is 16.4. The summed E-state index contributed by atoms with van der Waals surface area (Å²) in [5.74, 6) is 0.389. The number of hydrogen-bond donors (Lipinski definition) is 2. The highest BCUT2D eigenvalue weighted by Gasteiger charge is 2.38. The average Bonchev–Trinajstić information content (AvgIpc) is 3.84. The first-order valence-corrected chi connectivity index (χ1v) is 18.7. The van der Waals surface area contributed by atoms with E-state index in [4.69, 9.17) is 20.2 Å². The molecule has 0 fully saturated rings. The molecule has 248 valence electrons. The van der Waals surface area contributed by atoms with Gasteiger partial charge in [0.2, 0.25) is 0 Å². The van der Waals surface area contributed by atoms with Crippen LogP contribution < -0.4 is 11.5 Å². The Hall–Kier alpha value is -3.24. The fourth-order valence-corrected chi connectivity index (χ4v) is 8.75. The molecule has 0 saturated heterocycles. The van der Waals surface area contributed by atoms with Gasteiger partial charge in [-0.2, -0.15) is 8.75 Å². The molecule has 0 spiro atoms. The van der Waals surface area contributed by atoms with E-state index in [0.29, 0.717) is 41.5 Å². The largest absolute Gasteiger partial charge is 0.400 e. The maximum Gasteiger partial charge on any atom is 0.125 e. The summed E-state index contributed by atoms with van der Waals surface area (Å²) in [7, 11) is 0. The molecule has 3 aromatic heterocycles. The third-order valence-electron chi connectivity index (χ3n) is 8.31. The number of nitrogens with two attached hydrogens (primary N) is 2. The van der Waals surface area contributed by atoms with Crippen molar-refractivity contribution in [2.75, 3.05) is 0 Å². The second-order valence-corrected chi connectivity index (χ2v) is 15.4. The van der Waals surface area contributed by atoms with Crippen molar-refractivity contribution in [3.8, 4) is 20.9 Å². The van der Waals surface area contributed by atoms with E-state index in [0.717, 1.165) is 47.6 Å². The minimum Gasteiger partial charge on any atom is -0.400 e. The van der Waals surface area contributed by atoms with E-state index in [9.17, 15) is 8.78 Å². The van der Waals surface area contributed by atoms with Crippen molar-refractivity contribution in [2.24, 2.45) is 23.3 Å². The normalized spacial score (nSPS) is 17.4. The molecule has 0 saturated carbocycles. The number of aromatic nitrogens is 2. The van der Waals surface area contributed by atoms with Gasteiger partial charge in [-0.3, -0.25) is 0 Å². The van der Waals surface area contributed by atoms with Crippen molar-refractivity contribution >= 4 is 40.0 Å². The van der Waals surface area contributed by atoms with Crippen molar-refractivity contribution in [3.05, 3.63) is 111 Å². The van der Waals surface area contributed by atoms with Crippen molar-refractivity contribution in [2.45, 2.75) is 78.7 Å². The number of nitrogens with zero attached hydrogens (tertiary/aromatic N) is 2. The molecule has 1 aliphatic carbocycles. The molecule has 5 aromatic rings. The van der Waals surface area contributed by atoms with Gasteiger partial charge >= 0.3 is 0 Å². The van der Waals surface area contributed by atoms with Crippen molar-refractivity contribution in [3.63, 3.8) is 0 Å². The number of rotatable bonds is 10. The first kappa shape index (κ1) is 35.1. The predicted molar refractivity (Wildman–Crippen MR) is 197 cm³/mol. The summed E-state index contributed by atoms with van der Waals surface area (Å²) in [6, 6.07) is 23.3. The molecule has 4 N–H and O–H groups in total. The Morgan fingerprint density at radius 1 is 0.681 bits per heavy atom. The Bertz CT molecular complexity index is 1780. The number of fused-ring (bicyclic) bond motifs is 1. The van der Waals surface area contributed by atoms with E-state index in [1.165, 1.54) is 11.7 Å². The topological polar surface area (TPSA) is 77.8 Å². The van der Waals surface area contributed by atoms with Crippen LogP contribution in [0.1, 0.15) is 105 Å². The molecular formula is C38H44F2N4S3. The van der Waals surface area contributed by atoms with E-state index in [-0.39, 0.29) is 5.92 Å². The van der Waals surface area contributed by atoms with Gasteiger partial charge in [-0.25, -0.2) is 8.78 Å². The van der Waals surface area contributed by atoms with Gasteiger partial charge in [-0.1, -0.05) is 90.1 Å². The quantitative estimate of drug-likeness (QED) is 0.153. The maximum atomic E-state index is 14.6. The van der Waals surface area contributed by atoms with Gasteiger partial charge in [-0.15, -0.1) is 22.7 Å². The van der Waals surface area contributed by atoms with Crippen molar-refractivity contribution < 1.29 is 8.78 Å². The van der Waals surface area contributed by atoms with E-state index in [1.807, 2.05) is 90.1 Å². The maximum absolute atomic E-state index is 14.6. The van der Waals surface area contributed by atoms with Gasteiger partial charge < -0.3 is 11.5 Å². The van der Waals surface area contributed by atoms with Gasteiger partial charge in [0.15, 0.2) is 0 Å².